The average Bonchev–Trinajstić information content (AvgIpc) is 4.00. The van der Waals surface area contributed by atoms with E-state index in [4.69, 9.17) is 20.0 Å². The Morgan fingerprint density at radius 3 is 2.13 bits per heavy atom. The van der Waals surface area contributed by atoms with Crippen LogP contribution in [-0.2, 0) is 49.1 Å². The molecular weight excluding hydrogens is 1130 g/mol. The number of aryl methyl sites for hydroxylation is 1. The number of ether oxygens (including phenoxy) is 2. The van der Waals surface area contributed by atoms with E-state index in [1.165, 1.54) is 35.6 Å². The van der Waals surface area contributed by atoms with Crippen LogP contribution in [0.5, 0.6) is 23.1 Å². The van der Waals surface area contributed by atoms with Crippen LogP contribution in [0.1, 0.15) is 23.1 Å². The number of nitrogens with zero attached hydrogens (tertiary/aromatic N) is 10. The first-order valence-electron chi connectivity index (χ1n) is 20.7. The van der Waals surface area contributed by atoms with Gasteiger partial charge in [-0.3, -0.25) is 18.1 Å². The smallest absolute Gasteiger partial charge is 0.299 e. The van der Waals surface area contributed by atoms with Gasteiger partial charge in [-0.05, 0) is 73.7 Å². The fourth-order valence-corrected chi connectivity index (χ4v) is 11.6. The number of hydrogen-bond acceptors (Lipinski definition) is 28. The summed E-state index contributed by atoms with van der Waals surface area (Å²) in [4.78, 5) is 6.91. The first kappa shape index (κ1) is 55.1. The quantitative estimate of drug-likeness (QED) is 0.00931. The van der Waals surface area contributed by atoms with Crippen molar-refractivity contribution in [2.45, 2.75) is 39.9 Å². The molecule has 7 N–H and O–H groups in total. The lowest BCUT2D eigenvalue weighted by atomic mass is 10.1. The highest BCUT2D eigenvalue weighted by Gasteiger charge is 2.29. The Morgan fingerprint density at radius 1 is 0.776 bits per heavy atom. The fraction of sp³-hybridized carbons (Fsp3) is 0.146. The molecular formula is C41H32N10O19S6. The third-order valence-corrected chi connectivity index (χ3v) is 15.5. The lowest BCUT2D eigenvalue weighted by Crippen LogP contribution is -2.08. The van der Waals surface area contributed by atoms with Crippen LogP contribution in [-0.4, -0.2) is 93.5 Å². The number of para-hydroxylation sites is 2. The van der Waals surface area contributed by atoms with Gasteiger partial charge < -0.3 is 19.7 Å². The first-order chi connectivity index (χ1) is 36.1. The van der Waals surface area contributed by atoms with Crippen molar-refractivity contribution in [2.75, 3.05) is 19.5 Å². The molecule has 0 saturated heterocycles. The van der Waals surface area contributed by atoms with Crippen molar-refractivity contribution in [3.05, 3.63) is 77.4 Å². The van der Waals surface area contributed by atoms with Gasteiger partial charge in [0.2, 0.25) is 11.0 Å². The third-order valence-electron chi connectivity index (χ3n) is 10.6. The summed E-state index contributed by atoms with van der Waals surface area (Å²) in [6.07, 6.45) is -0.231. The van der Waals surface area contributed by atoms with Crippen molar-refractivity contribution in [3.63, 3.8) is 0 Å². The maximum absolute atomic E-state index is 12.8. The Kier molecular flexibility index (Phi) is 16.1. The normalized spacial score (nSPS) is 12.7. The molecule has 3 heterocycles. The first-order valence-corrected chi connectivity index (χ1v) is 27.5. The van der Waals surface area contributed by atoms with Gasteiger partial charge in [-0.15, -0.1) is 39.4 Å². The largest absolute Gasteiger partial charge is 0.505 e. The molecule has 8 rings (SSSR count). The number of pyridine rings is 1. The van der Waals surface area contributed by atoms with Gasteiger partial charge in [-0.1, -0.05) is 33.5 Å². The zero-order valence-electron chi connectivity index (χ0n) is 38.3. The van der Waals surface area contributed by atoms with Crippen molar-refractivity contribution in [3.8, 4) is 29.2 Å². The Labute approximate surface area is 438 Å². The summed E-state index contributed by atoms with van der Waals surface area (Å²) in [5, 5.41) is 83.0. The number of aromatic hydroxyl groups is 2. The number of hydrogen-bond donors (Lipinski definition) is 7. The van der Waals surface area contributed by atoms with Gasteiger partial charge in [0.15, 0.2) is 27.7 Å². The summed E-state index contributed by atoms with van der Waals surface area (Å²) in [5.41, 5.74) is 0.0305. The molecule has 0 spiro atoms. The Bertz CT molecular complexity index is 4150. The van der Waals surface area contributed by atoms with E-state index >= 15 is 0 Å². The molecule has 8 aromatic rings. The zero-order chi connectivity index (χ0) is 54.9. The lowest BCUT2D eigenvalue weighted by molar-refractivity contribution is -0.432. The number of methoxy groups -OCH3 is 1. The Morgan fingerprint density at radius 2 is 1.46 bits per heavy atom. The van der Waals surface area contributed by atoms with Crippen LogP contribution in [0.3, 0.4) is 0 Å². The van der Waals surface area contributed by atoms with Crippen LogP contribution < -0.4 is 9.47 Å². The highest BCUT2D eigenvalue weighted by atomic mass is 32.2. The fourth-order valence-electron chi connectivity index (χ4n) is 7.34. The second-order valence-electron chi connectivity index (χ2n) is 15.3. The molecule has 5 aromatic carbocycles. The maximum atomic E-state index is 12.8. The molecule has 0 bridgehead atoms. The number of azo groups is 3. The van der Waals surface area contributed by atoms with Gasteiger partial charge in [0, 0.05) is 17.0 Å². The van der Waals surface area contributed by atoms with Gasteiger partial charge in [0.05, 0.1) is 80.3 Å². The SMILES string of the molecule is COc1c(SOOO)cc2nc(N=Nc3cc(OCCCS(=O)(=O)O)c(N=Nc4c(SOOO)cc5cc(S(=O)(=O)O)c(N=Nc6c(C)c(C#N)c7nc8ccccc8n7c6O)cc5c4O)cc3C)sc2c1S(=O)(=O)O. The summed E-state index contributed by atoms with van der Waals surface area (Å²) < 4.78 is 125. The van der Waals surface area contributed by atoms with E-state index in [-0.39, 0.29) is 106 Å². The predicted molar refractivity (Wildman–Crippen MR) is 267 cm³/mol. The molecule has 0 atom stereocenters. The number of thiazole rings is 1. The molecule has 3 aromatic heterocycles. The molecule has 76 heavy (non-hydrogen) atoms. The van der Waals surface area contributed by atoms with Crippen LogP contribution >= 0.6 is 35.4 Å². The van der Waals surface area contributed by atoms with Gasteiger partial charge >= 0.3 is 0 Å². The number of benzene rings is 5. The van der Waals surface area contributed by atoms with Gasteiger partial charge in [0.25, 0.3) is 30.4 Å². The van der Waals surface area contributed by atoms with Crippen LogP contribution in [0.25, 0.3) is 37.7 Å². The minimum Gasteiger partial charge on any atom is -0.505 e. The summed E-state index contributed by atoms with van der Waals surface area (Å²) >= 11 is 1.28. The molecule has 0 aliphatic heterocycles. The summed E-state index contributed by atoms with van der Waals surface area (Å²) in [6.45, 7) is 2.65. The van der Waals surface area contributed by atoms with Crippen LogP contribution in [0.4, 0.5) is 33.6 Å². The number of rotatable bonds is 20. The van der Waals surface area contributed by atoms with Gasteiger partial charge in [0.1, 0.15) is 39.3 Å². The highest BCUT2D eigenvalue weighted by Crippen LogP contribution is 2.49. The molecule has 0 saturated carbocycles. The molecule has 0 unspecified atom stereocenters. The Hall–Kier alpha value is -7.12. The predicted octanol–water partition coefficient (Wildman–Crippen LogP) is 10.4. The number of imidazole rings is 1. The van der Waals surface area contributed by atoms with Crippen LogP contribution in [0.15, 0.2) is 111 Å². The number of aromatic nitrogens is 3. The monoisotopic (exact) mass is 1160 g/mol. The lowest BCUT2D eigenvalue weighted by Gasteiger charge is -2.13. The van der Waals surface area contributed by atoms with Crippen molar-refractivity contribution < 1.29 is 87.9 Å². The molecule has 396 valence electrons. The standard InChI is InChI=1S/C41H32N10O19S6/c1-18-11-25(29(66-9-6-10-74(56,57)58)15-24(18)45-50-41-44-27-16-31(73-70-68-55)36(65-3)38(37(27)71-41)76(62,63)64)46-49-34-30(72-69-67-54)12-20-13-32(75(59,60)61)26(14-21(20)35(34)52)47-48-33-19(2)22(17-42)39-43-23-7-4-5-8-28(23)51(39)40(33)53/h4-5,7-8,11-16,52-55H,6,9-10H2,1-3H3,(H,56,57,58)(H,59,60,61)(H,62,63,64). The molecule has 0 amide bonds. The molecule has 0 aliphatic carbocycles. The highest BCUT2D eigenvalue weighted by molar-refractivity contribution is 7.95. The maximum Gasteiger partial charge on any atom is 0.299 e. The second-order valence-corrected chi connectivity index (χ2v) is 22.1. The molecule has 29 nitrogen and oxygen atoms in total. The second kappa shape index (κ2) is 22.2. The number of fused-ring (bicyclic) bond motifs is 5. The van der Waals surface area contributed by atoms with Crippen molar-refractivity contribution >= 4 is 137 Å². The average molecular weight is 1160 g/mol. The van der Waals surface area contributed by atoms with E-state index in [1.54, 1.807) is 31.2 Å². The van der Waals surface area contributed by atoms with Crippen molar-refractivity contribution in [1.82, 2.24) is 14.4 Å². The zero-order valence-corrected chi connectivity index (χ0v) is 43.2. The molecule has 35 heteroatoms. The summed E-state index contributed by atoms with van der Waals surface area (Å²) in [7, 11) is -13.4. The summed E-state index contributed by atoms with van der Waals surface area (Å²) in [6, 6.07) is 15.8. The van der Waals surface area contributed by atoms with E-state index < -0.39 is 68.9 Å². The van der Waals surface area contributed by atoms with Crippen LogP contribution in [0.2, 0.25) is 0 Å². The third kappa shape index (κ3) is 11.5. The van der Waals surface area contributed by atoms with E-state index in [0.717, 1.165) is 19.2 Å². The number of phenolic OH excluding ortho intramolecular Hbond substituents is 1. The van der Waals surface area contributed by atoms with Crippen molar-refractivity contribution in [1.29, 1.82) is 5.26 Å². The van der Waals surface area contributed by atoms with Crippen LogP contribution in [0, 0.1) is 25.2 Å². The van der Waals surface area contributed by atoms with E-state index in [0.29, 0.717) is 40.0 Å². The van der Waals surface area contributed by atoms with E-state index in [1.807, 2.05) is 6.07 Å². The number of nitriles is 1. The van der Waals surface area contributed by atoms with E-state index in [9.17, 15) is 54.4 Å². The van der Waals surface area contributed by atoms with Gasteiger partial charge in [-0.2, -0.15) is 30.5 Å². The molecule has 0 aliphatic rings. The molecule has 0 radical (unpaired) electrons. The number of phenols is 1. The van der Waals surface area contributed by atoms with Gasteiger partial charge in [-0.25, -0.2) is 20.5 Å². The minimum atomic E-state index is -5.13. The minimum absolute atomic E-state index is 0.00670. The molecule has 0 fully saturated rings. The summed E-state index contributed by atoms with van der Waals surface area (Å²) in [5.74, 6) is -2.47. The van der Waals surface area contributed by atoms with Crippen molar-refractivity contribution in [2.24, 2.45) is 30.7 Å². The van der Waals surface area contributed by atoms with E-state index in [2.05, 4.69) is 59.4 Å². The topological polar surface area (TPSA) is 428 Å². The Balaban J connectivity index is 1.22.